The Labute approximate surface area is 130 Å². The average Bonchev–Trinajstić information content (AvgIpc) is 2.49. The minimum Gasteiger partial charge on any atom is -0.332 e. The number of benzene rings is 1. The first-order valence-corrected chi connectivity index (χ1v) is 7.00. The number of amides is 2. The van der Waals surface area contributed by atoms with Crippen molar-refractivity contribution in [3.63, 3.8) is 0 Å². The van der Waals surface area contributed by atoms with E-state index in [1.807, 2.05) is 32.0 Å². The molecule has 2 aromatic rings. The van der Waals surface area contributed by atoms with E-state index in [9.17, 15) is 9.59 Å². The molecule has 5 nitrogen and oxygen atoms in total. The van der Waals surface area contributed by atoms with E-state index in [1.54, 1.807) is 31.4 Å². The Morgan fingerprint density at radius 2 is 1.68 bits per heavy atom. The summed E-state index contributed by atoms with van der Waals surface area (Å²) in [6, 6.07) is 10.9. The van der Waals surface area contributed by atoms with Gasteiger partial charge in [-0.25, -0.2) is 4.98 Å². The monoisotopic (exact) mass is 297 g/mol. The van der Waals surface area contributed by atoms with Gasteiger partial charge in [0.05, 0.1) is 6.54 Å². The van der Waals surface area contributed by atoms with E-state index in [-0.39, 0.29) is 18.4 Å². The number of nitrogens with one attached hydrogen (secondary N) is 1. The number of aromatic nitrogens is 1. The molecular formula is C17H19N3O2. The summed E-state index contributed by atoms with van der Waals surface area (Å²) in [6.45, 7) is 3.86. The first-order chi connectivity index (χ1) is 10.5. The smallest absolute Gasteiger partial charge is 0.254 e. The fraction of sp³-hybridized carbons (Fsp3) is 0.235. The Morgan fingerprint density at radius 3 is 2.27 bits per heavy atom. The molecule has 2 amide bonds. The minimum absolute atomic E-state index is 0.0255. The highest BCUT2D eigenvalue weighted by molar-refractivity contribution is 5.98. The number of aryl methyl sites for hydroxylation is 2. The predicted molar refractivity (Wildman–Crippen MR) is 85.7 cm³/mol. The summed E-state index contributed by atoms with van der Waals surface area (Å²) in [4.78, 5) is 29.7. The topological polar surface area (TPSA) is 62.3 Å². The fourth-order valence-electron chi connectivity index (χ4n) is 1.93. The van der Waals surface area contributed by atoms with Gasteiger partial charge in [-0.3, -0.25) is 9.59 Å². The van der Waals surface area contributed by atoms with Gasteiger partial charge in [0.15, 0.2) is 0 Å². The zero-order valence-corrected chi connectivity index (χ0v) is 13.0. The third kappa shape index (κ3) is 4.15. The molecule has 0 unspecified atom stereocenters. The molecule has 1 aromatic heterocycles. The van der Waals surface area contributed by atoms with Gasteiger partial charge < -0.3 is 10.2 Å². The standard InChI is InChI=1S/C17H19N3O2/c1-12-4-7-14(8-5-12)17(22)20(3)11-16(21)19-15-9-6-13(2)10-18-15/h4-10H,11H2,1-3H3,(H,18,19,21). The van der Waals surface area contributed by atoms with Crippen LogP contribution in [-0.2, 0) is 4.79 Å². The number of anilines is 1. The largest absolute Gasteiger partial charge is 0.332 e. The summed E-state index contributed by atoms with van der Waals surface area (Å²) in [5.74, 6) is 0.0121. The van der Waals surface area contributed by atoms with E-state index < -0.39 is 0 Å². The number of hydrogen-bond donors (Lipinski definition) is 1. The molecule has 1 heterocycles. The van der Waals surface area contributed by atoms with Gasteiger partial charge in [0.25, 0.3) is 5.91 Å². The maximum atomic E-state index is 12.2. The van der Waals surface area contributed by atoms with E-state index in [0.29, 0.717) is 11.4 Å². The number of carbonyl (C=O) groups is 2. The van der Waals surface area contributed by atoms with Gasteiger partial charge >= 0.3 is 0 Å². The van der Waals surface area contributed by atoms with E-state index in [1.165, 1.54) is 4.90 Å². The van der Waals surface area contributed by atoms with E-state index in [4.69, 9.17) is 0 Å². The van der Waals surface area contributed by atoms with E-state index >= 15 is 0 Å². The summed E-state index contributed by atoms with van der Waals surface area (Å²) >= 11 is 0. The molecule has 5 heteroatoms. The highest BCUT2D eigenvalue weighted by Gasteiger charge is 2.15. The van der Waals surface area contributed by atoms with Crippen molar-refractivity contribution in [1.82, 2.24) is 9.88 Å². The SMILES string of the molecule is Cc1ccc(C(=O)N(C)CC(=O)Nc2ccc(C)cn2)cc1. The molecule has 0 saturated heterocycles. The van der Waals surface area contributed by atoms with Crippen molar-refractivity contribution >= 4 is 17.6 Å². The zero-order chi connectivity index (χ0) is 16.1. The molecule has 114 valence electrons. The number of hydrogen-bond acceptors (Lipinski definition) is 3. The molecule has 0 saturated carbocycles. The third-order valence-electron chi connectivity index (χ3n) is 3.20. The summed E-state index contributed by atoms with van der Waals surface area (Å²) < 4.78 is 0. The first kappa shape index (κ1) is 15.7. The second-order valence-corrected chi connectivity index (χ2v) is 5.30. The summed E-state index contributed by atoms with van der Waals surface area (Å²) in [6.07, 6.45) is 1.68. The summed E-state index contributed by atoms with van der Waals surface area (Å²) in [7, 11) is 1.60. The Morgan fingerprint density at radius 1 is 1.05 bits per heavy atom. The van der Waals surface area contributed by atoms with Crippen LogP contribution in [0.1, 0.15) is 21.5 Å². The maximum absolute atomic E-state index is 12.2. The number of likely N-dealkylation sites (N-methyl/N-ethyl adjacent to an activating group) is 1. The normalized spacial score (nSPS) is 10.1. The lowest BCUT2D eigenvalue weighted by Crippen LogP contribution is -2.35. The molecule has 0 aliphatic rings. The Bertz CT molecular complexity index is 663. The quantitative estimate of drug-likeness (QED) is 0.942. The van der Waals surface area contributed by atoms with Crippen LogP contribution in [0.5, 0.6) is 0 Å². The van der Waals surface area contributed by atoms with Crippen molar-refractivity contribution in [3.8, 4) is 0 Å². The molecular weight excluding hydrogens is 278 g/mol. The predicted octanol–water partition coefficient (Wildman–Crippen LogP) is 2.41. The molecule has 22 heavy (non-hydrogen) atoms. The molecule has 0 radical (unpaired) electrons. The second-order valence-electron chi connectivity index (χ2n) is 5.30. The van der Waals surface area contributed by atoms with Crippen molar-refractivity contribution < 1.29 is 9.59 Å². The van der Waals surface area contributed by atoms with Crippen LogP contribution in [0, 0.1) is 13.8 Å². The molecule has 0 aliphatic carbocycles. The van der Waals surface area contributed by atoms with E-state index in [2.05, 4.69) is 10.3 Å². The summed E-state index contributed by atoms with van der Waals surface area (Å²) in [5, 5.41) is 2.67. The lowest BCUT2D eigenvalue weighted by atomic mass is 10.1. The lowest BCUT2D eigenvalue weighted by molar-refractivity contribution is -0.116. The molecule has 1 N–H and O–H groups in total. The van der Waals surface area contributed by atoms with Gasteiger partial charge in [-0.2, -0.15) is 0 Å². The van der Waals surface area contributed by atoms with Crippen LogP contribution < -0.4 is 5.32 Å². The molecule has 0 fully saturated rings. The first-order valence-electron chi connectivity index (χ1n) is 7.00. The average molecular weight is 297 g/mol. The molecule has 0 bridgehead atoms. The Hall–Kier alpha value is -2.69. The van der Waals surface area contributed by atoms with Crippen LogP contribution in [-0.4, -0.2) is 35.3 Å². The van der Waals surface area contributed by atoms with Crippen LogP contribution in [0.25, 0.3) is 0 Å². The van der Waals surface area contributed by atoms with Crippen LogP contribution in [0.4, 0.5) is 5.82 Å². The minimum atomic E-state index is -0.278. The highest BCUT2D eigenvalue weighted by atomic mass is 16.2. The van der Waals surface area contributed by atoms with Crippen molar-refractivity contribution in [2.45, 2.75) is 13.8 Å². The third-order valence-corrected chi connectivity index (χ3v) is 3.20. The zero-order valence-electron chi connectivity index (χ0n) is 13.0. The maximum Gasteiger partial charge on any atom is 0.254 e. The van der Waals surface area contributed by atoms with Gasteiger partial charge in [0, 0.05) is 18.8 Å². The molecule has 0 aliphatic heterocycles. The number of pyridine rings is 1. The number of carbonyl (C=O) groups excluding carboxylic acids is 2. The number of nitrogens with zero attached hydrogens (tertiary/aromatic N) is 2. The van der Waals surface area contributed by atoms with Gasteiger partial charge in [0.2, 0.25) is 5.91 Å². The van der Waals surface area contributed by atoms with Crippen LogP contribution in [0.15, 0.2) is 42.6 Å². The van der Waals surface area contributed by atoms with E-state index in [0.717, 1.165) is 11.1 Å². The van der Waals surface area contributed by atoms with Crippen molar-refractivity contribution in [1.29, 1.82) is 0 Å². The van der Waals surface area contributed by atoms with Crippen LogP contribution in [0.3, 0.4) is 0 Å². The van der Waals surface area contributed by atoms with Crippen molar-refractivity contribution in [3.05, 3.63) is 59.3 Å². The highest BCUT2D eigenvalue weighted by Crippen LogP contribution is 2.07. The molecule has 1 aromatic carbocycles. The van der Waals surface area contributed by atoms with Gasteiger partial charge in [-0.15, -0.1) is 0 Å². The molecule has 0 atom stereocenters. The Kier molecular flexibility index (Phi) is 4.88. The molecule has 0 spiro atoms. The van der Waals surface area contributed by atoms with Gasteiger partial charge in [-0.05, 0) is 37.6 Å². The Balaban J connectivity index is 1.94. The van der Waals surface area contributed by atoms with Gasteiger partial charge in [0.1, 0.15) is 5.82 Å². The second kappa shape index (κ2) is 6.85. The fourth-order valence-corrected chi connectivity index (χ4v) is 1.93. The lowest BCUT2D eigenvalue weighted by Gasteiger charge is -2.16. The van der Waals surface area contributed by atoms with Crippen LogP contribution >= 0.6 is 0 Å². The number of rotatable bonds is 4. The van der Waals surface area contributed by atoms with Crippen molar-refractivity contribution in [2.75, 3.05) is 18.9 Å². The summed E-state index contributed by atoms with van der Waals surface area (Å²) in [5.41, 5.74) is 2.67. The van der Waals surface area contributed by atoms with Gasteiger partial charge in [-0.1, -0.05) is 23.8 Å². The molecule has 2 rings (SSSR count). The van der Waals surface area contributed by atoms with Crippen molar-refractivity contribution in [2.24, 2.45) is 0 Å². The van der Waals surface area contributed by atoms with Crippen LogP contribution in [0.2, 0.25) is 0 Å².